The fourth-order valence-electron chi connectivity index (χ4n) is 3.30. The summed E-state index contributed by atoms with van der Waals surface area (Å²) in [6.45, 7) is 2.30. The van der Waals surface area contributed by atoms with Crippen LogP contribution in [0.4, 0.5) is 0 Å². The third-order valence-electron chi connectivity index (χ3n) is 4.40. The van der Waals surface area contributed by atoms with Gasteiger partial charge in [-0.2, -0.15) is 4.98 Å². The van der Waals surface area contributed by atoms with Gasteiger partial charge in [-0.25, -0.2) is 0 Å². The molecule has 2 aliphatic carbocycles. The van der Waals surface area contributed by atoms with Gasteiger partial charge in [-0.1, -0.05) is 18.5 Å². The van der Waals surface area contributed by atoms with Crippen LogP contribution in [0.1, 0.15) is 69.0 Å². The Morgan fingerprint density at radius 2 is 2.12 bits per heavy atom. The number of nitrogens with zero attached hydrogens (tertiary/aromatic N) is 2. The molecule has 0 radical (unpaired) electrons. The van der Waals surface area contributed by atoms with E-state index in [9.17, 15) is 0 Å². The average Bonchev–Trinajstić information content (AvgIpc) is 2.97. The summed E-state index contributed by atoms with van der Waals surface area (Å²) < 4.78 is 5.43. The molecule has 3 rings (SSSR count). The highest BCUT2D eigenvalue weighted by atomic mass is 16.5. The Bertz CT molecular complexity index is 390. The van der Waals surface area contributed by atoms with Crippen LogP contribution < -0.4 is 5.73 Å². The second-order valence-electron chi connectivity index (χ2n) is 5.81. The van der Waals surface area contributed by atoms with Gasteiger partial charge >= 0.3 is 0 Å². The second-order valence-corrected chi connectivity index (χ2v) is 5.81. The van der Waals surface area contributed by atoms with Crippen LogP contribution in [0.2, 0.25) is 0 Å². The molecule has 0 aromatic carbocycles. The Morgan fingerprint density at radius 3 is 2.76 bits per heavy atom. The molecule has 0 saturated heterocycles. The van der Waals surface area contributed by atoms with E-state index >= 15 is 0 Å². The molecular formula is C13H21N3O. The Hall–Kier alpha value is -0.900. The monoisotopic (exact) mass is 235 g/mol. The van der Waals surface area contributed by atoms with Crippen molar-refractivity contribution < 1.29 is 4.52 Å². The number of nitrogens with two attached hydrogens (primary N) is 1. The maximum Gasteiger partial charge on any atom is 0.231 e. The minimum Gasteiger partial charge on any atom is -0.339 e. The number of hydrogen-bond acceptors (Lipinski definition) is 4. The maximum absolute atomic E-state index is 6.07. The lowest BCUT2D eigenvalue weighted by atomic mass is 10.0. The standard InChI is InChI=1S/C13H21N3O/c1-8-5-6-9(7-8)12-15-13(17-16-12)10-3-2-4-11(10)14/h8-11H,2-7,14H2,1H3. The number of aromatic nitrogens is 2. The van der Waals surface area contributed by atoms with Crippen LogP contribution in [-0.4, -0.2) is 16.2 Å². The van der Waals surface area contributed by atoms with Crippen LogP contribution in [-0.2, 0) is 0 Å². The summed E-state index contributed by atoms with van der Waals surface area (Å²) in [7, 11) is 0. The van der Waals surface area contributed by atoms with Gasteiger partial charge in [0.05, 0.1) is 5.92 Å². The van der Waals surface area contributed by atoms with Gasteiger partial charge in [0.15, 0.2) is 5.82 Å². The second kappa shape index (κ2) is 4.41. The molecular weight excluding hydrogens is 214 g/mol. The van der Waals surface area contributed by atoms with Crippen molar-refractivity contribution >= 4 is 0 Å². The van der Waals surface area contributed by atoms with Crippen molar-refractivity contribution in [2.24, 2.45) is 11.7 Å². The van der Waals surface area contributed by atoms with Gasteiger partial charge in [0.1, 0.15) is 0 Å². The van der Waals surface area contributed by atoms with Gasteiger partial charge in [-0.15, -0.1) is 0 Å². The highest BCUT2D eigenvalue weighted by molar-refractivity contribution is 5.05. The maximum atomic E-state index is 6.07. The summed E-state index contributed by atoms with van der Waals surface area (Å²) in [5.41, 5.74) is 6.07. The zero-order valence-electron chi connectivity index (χ0n) is 10.4. The lowest BCUT2D eigenvalue weighted by molar-refractivity contribution is 0.339. The van der Waals surface area contributed by atoms with Crippen LogP contribution in [0, 0.1) is 5.92 Å². The van der Waals surface area contributed by atoms with Crippen molar-refractivity contribution in [1.29, 1.82) is 0 Å². The zero-order chi connectivity index (χ0) is 11.8. The number of hydrogen-bond donors (Lipinski definition) is 1. The fraction of sp³-hybridized carbons (Fsp3) is 0.846. The number of rotatable bonds is 2. The van der Waals surface area contributed by atoms with E-state index in [1.807, 2.05) is 0 Å². The first-order valence-corrected chi connectivity index (χ1v) is 6.83. The molecule has 0 bridgehead atoms. The zero-order valence-corrected chi connectivity index (χ0v) is 10.4. The first kappa shape index (κ1) is 11.2. The molecule has 2 N–H and O–H groups in total. The quantitative estimate of drug-likeness (QED) is 0.855. The summed E-state index contributed by atoms with van der Waals surface area (Å²) in [5.74, 6) is 3.32. The van der Waals surface area contributed by atoms with Crippen LogP contribution in [0.5, 0.6) is 0 Å². The van der Waals surface area contributed by atoms with E-state index in [4.69, 9.17) is 10.3 Å². The van der Waals surface area contributed by atoms with Crippen molar-refractivity contribution in [3.8, 4) is 0 Å². The SMILES string of the molecule is CC1CCC(c2noc(C3CCCC3N)n2)C1. The largest absolute Gasteiger partial charge is 0.339 e. The minimum atomic E-state index is 0.214. The molecule has 0 amide bonds. The van der Waals surface area contributed by atoms with Gasteiger partial charge in [0.2, 0.25) is 5.89 Å². The third-order valence-corrected chi connectivity index (χ3v) is 4.40. The van der Waals surface area contributed by atoms with E-state index in [1.54, 1.807) is 0 Å². The van der Waals surface area contributed by atoms with Crippen molar-refractivity contribution in [3.63, 3.8) is 0 Å². The first-order chi connectivity index (χ1) is 8.24. The summed E-state index contributed by atoms with van der Waals surface area (Å²) in [5, 5.41) is 4.17. The first-order valence-electron chi connectivity index (χ1n) is 6.83. The predicted molar refractivity (Wildman–Crippen MR) is 64.6 cm³/mol. The van der Waals surface area contributed by atoms with Gasteiger partial charge in [-0.05, 0) is 38.0 Å². The third kappa shape index (κ3) is 2.10. The van der Waals surface area contributed by atoms with E-state index in [1.165, 1.54) is 25.7 Å². The Labute approximate surface area is 102 Å². The summed E-state index contributed by atoms with van der Waals surface area (Å²) in [6.07, 6.45) is 7.07. The molecule has 2 saturated carbocycles. The van der Waals surface area contributed by atoms with Crippen LogP contribution in [0.25, 0.3) is 0 Å². The summed E-state index contributed by atoms with van der Waals surface area (Å²) in [6, 6.07) is 0.214. The predicted octanol–water partition coefficient (Wildman–Crippen LogP) is 2.57. The molecule has 17 heavy (non-hydrogen) atoms. The molecule has 4 unspecified atom stereocenters. The van der Waals surface area contributed by atoms with Crippen LogP contribution in [0.15, 0.2) is 4.52 Å². The van der Waals surface area contributed by atoms with Crippen molar-refractivity contribution in [3.05, 3.63) is 11.7 Å². The molecule has 94 valence electrons. The Morgan fingerprint density at radius 1 is 1.24 bits per heavy atom. The molecule has 4 nitrogen and oxygen atoms in total. The molecule has 4 heteroatoms. The van der Waals surface area contributed by atoms with Gasteiger partial charge < -0.3 is 10.3 Å². The van der Waals surface area contributed by atoms with Gasteiger partial charge in [-0.3, -0.25) is 0 Å². The lowest BCUT2D eigenvalue weighted by Crippen LogP contribution is -2.22. The normalized spacial score (nSPS) is 37.8. The van der Waals surface area contributed by atoms with E-state index in [0.717, 1.165) is 30.5 Å². The molecule has 0 aliphatic heterocycles. The Balaban J connectivity index is 1.74. The van der Waals surface area contributed by atoms with Crippen molar-refractivity contribution in [2.75, 3.05) is 0 Å². The molecule has 1 heterocycles. The van der Waals surface area contributed by atoms with Crippen molar-refractivity contribution in [2.45, 2.75) is 63.3 Å². The molecule has 1 aromatic heterocycles. The highest BCUT2D eigenvalue weighted by Crippen LogP contribution is 2.38. The average molecular weight is 235 g/mol. The summed E-state index contributed by atoms with van der Waals surface area (Å²) >= 11 is 0. The van der Waals surface area contributed by atoms with Gasteiger partial charge in [0, 0.05) is 12.0 Å². The van der Waals surface area contributed by atoms with E-state index in [2.05, 4.69) is 17.1 Å². The van der Waals surface area contributed by atoms with Crippen LogP contribution >= 0.6 is 0 Å². The smallest absolute Gasteiger partial charge is 0.231 e. The van der Waals surface area contributed by atoms with Crippen molar-refractivity contribution in [1.82, 2.24) is 10.1 Å². The summed E-state index contributed by atoms with van der Waals surface area (Å²) in [4.78, 5) is 4.60. The molecule has 4 atom stereocenters. The minimum absolute atomic E-state index is 0.214. The van der Waals surface area contributed by atoms with Gasteiger partial charge in [0.25, 0.3) is 0 Å². The Kier molecular flexibility index (Phi) is 2.90. The molecule has 1 aromatic rings. The molecule has 0 spiro atoms. The lowest BCUT2D eigenvalue weighted by Gasteiger charge is -2.09. The molecule has 2 aliphatic rings. The van der Waals surface area contributed by atoms with E-state index < -0.39 is 0 Å². The van der Waals surface area contributed by atoms with E-state index in [-0.39, 0.29) is 6.04 Å². The highest BCUT2D eigenvalue weighted by Gasteiger charge is 2.32. The van der Waals surface area contributed by atoms with Crippen LogP contribution in [0.3, 0.4) is 0 Å². The molecule has 2 fully saturated rings. The fourth-order valence-corrected chi connectivity index (χ4v) is 3.30. The van der Waals surface area contributed by atoms with E-state index in [0.29, 0.717) is 11.8 Å². The topological polar surface area (TPSA) is 64.9 Å².